The van der Waals surface area contributed by atoms with Crippen molar-refractivity contribution in [1.29, 1.82) is 0 Å². The van der Waals surface area contributed by atoms with E-state index >= 15 is 0 Å². The maximum Gasteiger partial charge on any atom is 0.221 e. The zero-order chi connectivity index (χ0) is 22.5. The third kappa shape index (κ3) is 3.11. The summed E-state index contributed by atoms with van der Waals surface area (Å²) in [4.78, 5) is 16.6. The molecule has 1 N–H and O–H groups in total. The van der Waals surface area contributed by atoms with E-state index in [-0.39, 0.29) is 17.4 Å². The molecule has 0 radical (unpaired) electrons. The summed E-state index contributed by atoms with van der Waals surface area (Å²) in [7, 11) is 3.73. The summed E-state index contributed by atoms with van der Waals surface area (Å²) >= 11 is 0. The standard InChI is InChI=1S/C27H29N3O2/c1-27(2)23(17-25-29(4)20-11-7-8-12-22(20)32-25)30(16-15-24(31)28-3)21-14-13-18-9-5-6-10-19(18)26(21)27/h5-14,17,23H,15-16H2,1-4H3,(H,28,31)/b25-17-. The number of nitrogens with one attached hydrogen (secondary N) is 1. The summed E-state index contributed by atoms with van der Waals surface area (Å²) in [6, 6.07) is 21.1. The van der Waals surface area contributed by atoms with Crippen LogP contribution in [-0.4, -0.2) is 32.6 Å². The van der Waals surface area contributed by atoms with Crippen LogP contribution >= 0.6 is 0 Å². The number of hydrogen-bond donors (Lipinski definition) is 1. The first-order chi connectivity index (χ1) is 15.4. The van der Waals surface area contributed by atoms with Crippen molar-refractivity contribution in [2.24, 2.45) is 0 Å². The van der Waals surface area contributed by atoms with Crippen molar-refractivity contribution in [3.8, 4) is 5.75 Å². The maximum atomic E-state index is 12.1. The number of amides is 1. The molecule has 0 bridgehead atoms. The van der Waals surface area contributed by atoms with E-state index in [0.717, 1.165) is 17.3 Å². The lowest BCUT2D eigenvalue weighted by atomic mass is 9.78. The minimum atomic E-state index is -0.176. The summed E-state index contributed by atoms with van der Waals surface area (Å²) in [5.74, 6) is 1.74. The molecule has 2 aliphatic rings. The molecule has 0 saturated carbocycles. The molecular weight excluding hydrogens is 398 g/mol. The van der Waals surface area contributed by atoms with Crippen LogP contribution in [-0.2, 0) is 10.2 Å². The van der Waals surface area contributed by atoms with Gasteiger partial charge in [-0.15, -0.1) is 0 Å². The summed E-state index contributed by atoms with van der Waals surface area (Å²) < 4.78 is 6.24. The first-order valence-electron chi connectivity index (χ1n) is 11.1. The lowest BCUT2D eigenvalue weighted by Gasteiger charge is -2.33. The number of benzene rings is 3. The predicted octanol–water partition coefficient (Wildman–Crippen LogP) is 4.81. The van der Waals surface area contributed by atoms with Gasteiger partial charge in [-0.05, 0) is 40.6 Å². The maximum absolute atomic E-state index is 12.1. The van der Waals surface area contributed by atoms with Crippen LogP contribution in [0.25, 0.3) is 10.8 Å². The third-order valence-electron chi connectivity index (χ3n) is 6.87. The molecule has 5 nitrogen and oxygen atoms in total. The van der Waals surface area contributed by atoms with Gasteiger partial charge in [-0.1, -0.05) is 56.3 Å². The van der Waals surface area contributed by atoms with E-state index in [1.54, 1.807) is 7.05 Å². The fourth-order valence-electron chi connectivity index (χ4n) is 5.17. The van der Waals surface area contributed by atoms with Crippen LogP contribution in [0, 0.1) is 0 Å². The molecule has 0 saturated heterocycles. The van der Waals surface area contributed by atoms with Gasteiger partial charge in [0.15, 0.2) is 11.6 Å². The van der Waals surface area contributed by atoms with Crippen molar-refractivity contribution in [2.45, 2.75) is 31.7 Å². The zero-order valence-corrected chi connectivity index (χ0v) is 19.1. The van der Waals surface area contributed by atoms with Crippen molar-refractivity contribution < 1.29 is 9.53 Å². The Hall–Kier alpha value is -3.47. The quantitative estimate of drug-likeness (QED) is 0.649. The molecule has 0 aliphatic carbocycles. The monoisotopic (exact) mass is 427 g/mol. The SMILES string of the molecule is CNC(=O)CCN1c2ccc3ccccc3c2C(C)(C)C1/C=C1\Oc2ccccc2N1C. The highest BCUT2D eigenvalue weighted by molar-refractivity contribution is 5.93. The Morgan fingerprint density at radius 2 is 1.81 bits per heavy atom. The van der Waals surface area contributed by atoms with E-state index in [2.05, 4.69) is 77.5 Å². The lowest BCUT2D eigenvalue weighted by Crippen LogP contribution is -2.42. The number of carbonyl (C=O) groups is 1. The van der Waals surface area contributed by atoms with Crippen LogP contribution in [0.3, 0.4) is 0 Å². The van der Waals surface area contributed by atoms with Crippen LogP contribution in [0.2, 0.25) is 0 Å². The minimum Gasteiger partial charge on any atom is -0.439 e. The molecule has 5 heteroatoms. The number of ether oxygens (including phenoxy) is 1. The molecule has 0 spiro atoms. The summed E-state index contributed by atoms with van der Waals surface area (Å²) in [6.45, 7) is 5.23. The first kappa shape index (κ1) is 20.4. The molecule has 2 heterocycles. The second kappa shape index (κ2) is 7.59. The number of nitrogens with zero attached hydrogens (tertiary/aromatic N) is 2. The molecule has 1 unspecified atom stereocenters. The van der Waals surface area contributed by atoms with Crippen molar-refractivity contribution >= 4 is 28.1 Å². The molecule has 1 amide bonds. The van der Waals surface area contributed by atoms with Gasteiger partial charge in [0.1, 0.15) is 0 Å². The molecule has 164 valence electrons. The van der Waals surface area contributed by atoms with Gasteiger partial charge in [0.05, 0.1) is 11.7 Å². The molecule has 3 aromatic carbocycles. The summed E-state index contributed by atoms with van der Waals surface area (Å²) in [5, 5.41) is 5.26. The Kier molecular flexibility index (Phi) is 4.85. The Morgan fingerprint density at radius 3 is 2.59 bits per heavy atom. The van der Waals surface area contributed by atoms with Crippen LogP contribution in [0.4, 0.5) is 11.4 Å². The average molecular weight is 428 g/mol. The van der Waals surface area contributed by atoms with Crippen LogP contribution < -0.4 is 19.9 Å². The summed E-state index contributed by atoms with van der Waals surface area (Å²) in [6.07, 6.45) is 2.66. The lowest BCUT2D eigenvalue weighted by molar-refractivity contribution is -0.120. The van der Waals surface area contributed by atoms with E-state index in [1.807, 2.05) is 25.2 Å². The van der Waals surface area contributed by atoms with Gasteiger partial charge in [-0.25, -0.2) is 0 Å². The van der Waals surface area contributed by atoms with Gasteiger partial charge in [0.25, 0.3) is 0 Å². The van der Waals surface area contributed by atoms with Crippen molar-refractivity contribution in [3.63, 3.8) is 0 Å². The largest absolute Gasteiger partial charge is 0.439 e. The second-order valence-electron chi connectivity index (χ2n) is 9.10. The van der Waals surface area contributed by atoms with E-state index in [9.17, 15) is 4.79 Å². The van der Waals surface area contributed by atoms with E-state index in [1.165, 1.54) is 22.0 Å². The number of carbonyl (C=O) groups excluding carboxylic acids is 1. The molecule has 2 aliphatic heterocycles. The Balaban J connectivity index is 1.61. The Bertz CT molecular complexity index is 1230. The minimum absolute atomic E-state index is 0.0414. The fraction of sp³-hybridized carbons (Fsp3) is 0.296. The van der Waals surface area contributed by atoms with Gasteiger partial charge in [0.2, 0.25) is 5.91 Å². The van der Waals surface area contributed by atoms with E-state index in [4.69, 9.17) is 4.74 Å². The van der Waals surface area contributed by atoms with Crippen LogP contribution in [0.5, 0.6) is 5.75 Å². The van der Waals surface area contributed by atoms with Gasteiger partial charge in [-0.3, -0.25) is 4.79 Å². The molecule has 0 aromatic heterocycles. The van der Waals surface area contributed by atoms with Crippen molar-refractivity contribution in [1.82, 2.24) is 5.32 Å². The normalized spacial score (nSPS) is 19.8. The first-order valence-corrected chi connectivity index (χ1v) is 11.1. The highest BCUT2D eigenvalue weighted by atomic mass is 16.5. The number of anilines is 2. The molecule has 3 aromatic rings. The molecule has 0 fully saturated rings. The predicted molar refractivity (Wildman–Crippen MR) is 130 cm³/mol. The van der Waals surface area contributed by atoms with Gasteiger partial charge in [-0.2, -0.15) is 0 Å². The highest BCUT2D eigenvalue weighted by Gasteiger charge is 2.45. The molecule has 5 rings (SSSR count). The Labute approximate surface area is 189 Å². The highest BCUT2D eigenvalue weighted by Crippen LogP contribution is 2.50. The van der Waals surface area contributed by atoms with E-state index in [0.29, 0.717) is 13.0 Å². The van der Waals surface area contributed by atoms with Crippen molar-refractivity contribution in [3.05, 3.63) is 78.2 Å². The number of fused-ring (bicyclic) bond motifs is 4. The average Bonchev–Trinajstić information content (AvgIpc) is 3.23. The number of hydrogen-bond acceptors (Lipinski definition) is 4. The zero-order valence-electron chi connectivity index (χ0n) is 19.1. The Morgan fingerprint density at radius 1 is 1.06 bits per heavy atom. The molecule has 1 atom stereocenters. The topological polar surface area (TPSA) is 44.8 Å². The molecular formula is C27H29N3O2. The fourth-order valence-corrected chi connectivity index (χ4v) is 5.17. The van der Waals surface area contributed by atoms with E-state index < -0.39 is 0 Å². The van der Waals surface area contributed by atoms with Crippen LogP contribution in [0.1, 0.15) is 25.8 Å². The molecule has 32 heavy (non-hydrogen) atoms. The summed E-state index contributed by atoms with van der Waals surface area (Å²) in [5.41, 5.74) is 3.41. The second-order valence-corrected chi connectivity index (χ2v) is 9.10. The third-order valence-corrected chi connectivity index (χ3v) is 6.87. The number of rotatable bonds is 4. The van der Waals surface area contributed by atoms with Gasteiger partial charge >= 0.3 is 0 Å². The number of para-hydroxylation sites is 2. The van der Waals surface area contributed by atoms with Crippen molar-refractivity contribution in [2.75, 3.05) is 30.4 Å². The smallest absolute Gasteiger partial charge is 0.221 e. The van der Waals surface area contributed by atoms with Gasteiger partial charge in [0, 0.05) is 38.2 Å². The van der Waals surface area contributed by atoms with Crippen LogP contribution in [0.15, 0.2) is 72.6 Å². The van der Waals surface area contributed by atoms with Gasteiger partial charge < -0.3 is 19.9 Å².